The van der Waals surface area contributed by atoms with Crippen molar-refractivity contribution in [2.75, 3.05) is 11.9 Å². The Morgan fingerprint density at radius 1 is 1.30 bits per heavy atom. The fourth-order valence-corrected chi connectivity index (χ4v) is 1.82. The van der Waals surface area contributed by atoms with Crippen molar-refractivity contribution in [1.29, 1.82) is 0 Å². The number of para-hydroxylation sites is 1. The highest BCUT2D eigenvalue weighted by atomic mass is 16.5. The number of aromatic nitrogens is 1. The summed E-state index contributed by atoms with van der Waals surface area (Å²) >= 11 is 0. The third-order valence-corrected chi connectivity index (χ3v) is 2.75. The van der Waals surface area contributed by atoms with Crippen molar-refractivity contribution in [3.8, 4) is 5.69 Å². The Balaban J connectivity index is 2.33. The van der Waals surface area contributed by atoms with E-state index in [-0.39, 0.29) is 0 Å². The summed E-state index contributed by atoms with van der Waals surface area (Å²) < 4.78 is 6.88. The third-order valence-electron chi connectivity index (χ3n) is 2.75. The Kier molecular flexibility index (Phi) is 4.55. The van der Waals surface area contributed by atoms with E-state index in [1.54, 1.807) is 17.0 Å². The molecule has 1 amide bonds. The fraction of sp³-hybridized carbons (Fsp3) is 0.200. The minimum Gasteiger partial charge on any atom is -0.462 e. The van der Waals surface area contributed by atoms with Gasteiger partial charge in [-0.1, -0.05) is 25.1 Å². The number of hydrogen-bond acceptors (Lipinski definition) is 3. The predicted octanol–water partition coefficient (Wildman–Crippen LogP) is 2.61. The molecule has 5 nitrogen and oxygen atoms in total. The van der Waals surface area contributed by atoms with Gasteiger partial charge in [0.25, 0.3) is 0 Å². The fourth-order valence-electron chi connectivity index (χ4n) is 1.82. The van der Waals surface area contributed by atoms with Crippen LogP contribution in [0.3, 0.4) is 0 Å². The topological polar surface area (TPSA) is 60.3 Å². The highest BCUT2D eigenvalue weighted by Gasteiger charge is 2.16. The molecule has 1 aromatic carbocycles. The van der Waals surface area contributed by atoms with Crippen LogP contribution >= 0.6 is 0 Å². The molecule has 1 N–H and O–H groups in total. The second-order valence-electron chi connectivity index (χ2n) is 4.23. The van der Waals surface area contributed by atoms with Gasteiger partial charge < -0.3 is 14.6 Å². The first-order chi connectivity index (χ1) is 9.76. The molecule has 0 spiro atoms. The van der Waals surface area contributed by atoms with E-state index in [1.165, 1.54) is 0 Å². The number of ether oxygens (including phenoxy) is 1. The molecule has 0 saturated carbocycles. The maximum absolute atomic E-state index is 12.0. The first kappa shape index (κ1) is 13.9. The molecule has 104 valence electrons. The zero-order valence-corrected chi connectivity index (χ0v) is 11.2. The zero-order valence-electron chi connectivity index (χ0n) is 11.2. The van der Waals surface area contributed by atoms with Crippen LogP contribution in [-0.2, 0) is 9.53 Å². The molecule has 0 aliphatic heterocycles. The van der Waals surface area contributed by atoms with Crippen molar-refractivity contribution in [3.63, 3.8) is 0 Å². The Labute approximate surface area is 117 Å². The summed E-state index contributed by atoms with van der Waals surface area (Å²) in [5.41, 5.74) is 1.68. The smallest absolute Gasteiger partial charge is 0.341 e. The van der Waals surface area contributed by atoms with Crippen LogP contribution in [0, 0.1) is 0 Å². The van der Waals surface area contributed by atoms with Crippen LogP contribution in [0.5, 0.6) is 0 Å². The van der Waals surface area contributed by atoms with Crippen LogP contribution < -0.4 is 5.32 Å². The van der Waals surface area contributed by atoms with E-state index in [0.29, 0.717) is 24.3 Å². The molecule has 0 fully saturated rings. The number of anilines is 1. The van der Waals surface area contributed by atoms with Crippen LogP contribution in [0.25, 0.3) is 5.69 Å². The number of nitrogens with one attached hydrogen (secondary N) is 1. The predicted molar refractivity (Wildman–Crippen MR) is 76.0 cm³/mol. The van der Waals surface area contributed by atoms with E-state index in [1.807, 2.05) is 37.3 Å². The summed E-state index contributed by atoms with van der Waals surface area (Å²) in [5.74, 6) is -0.439. The van der Waals surface area contributed by atoms with Crippen molar-refractivity contribution >= 4 is 18.1 Å². The number of amides is 1. The molecule has 1 aromatic heterocycles. The minimum absolute atomic E-state index is 0.342. The number of rotatable bonds is 6. The minimum atomic E-state index is -0.439. The normalized spacial score (nSPS) is 10.1. The number of hydrogen-bond donors (Lipinski definition) is 1. The van der Waals surface area contributed by atoms with Crippen LogP contribution in [0.15, 0.2) is 42.7 Å². The highest BCUT2D eigenvalue weighted by molar-refractivity contribution is 5.97. The lowest BCUT2D eigenvalue weighted by Gasteiger charge is -2.02. The van der Waals surface area contributed by atoms with Gasteiger partial charge in [-0.15, -0.1) is 0 Å². The Morgan fingerprint density at radius 3 is 2.70 bits per heavy atom. The van der Waals surface area contributed by atoms with Crippen LogP contribution in [0.4, 0.5) is 5.69 Å². The van der Waals surface area contributed by atoms with Gasteiger partial charge in [-0.2, -0.15) is 0 Å². The van der Waals surface area contributed by atoms with Crippen molar-refractivity contribution in [1.82, 2.24) is 4.57 Å². The van der Waals surface area contributed by atoms with E-state index >= 15 is 0 Å². The maximum atomic E-state index is 12.0. The molecule has 0 aliphatic carbocycles. The Morgan fingerprint density at radius 2 is 2.05 bits per heavy atom. The molecule has 2 rings (SSSR count). The summed E-state index contributed by atoms with van der Waals surface area (Å²) in [4.78, 5) is 22.6. The summed E-state index contributed by atoms with van der Waals surface area (Å²) in [5, 5.41) is 2.52. The summed E-state index contributed by atoms with van der Waals surface area (Å²) in [6, 6.07) is 9.53. The molecular weight excluding hydrogens is 256 g/mol. The lowest BCUT2D eigenvalue weighted by atomic mass is 10.3. The third kappa shape index (κ3) is 3.06. The molecule has 2 aromatic rings. The van der Waals surface area contributed by atoms with Crippen LogP contribution in [-0.4, -0.2) is 23.6 Å². The average Bonchev–Trinajstić information content (AvgIpc) is 2.90. The van der Waals surface area contributed by atoms with Gasteiger partial charge in [0.15, 0.2) is 0 Å². The average molecular weight is 272 g/mol. The summed E-state index contributed by atoms with van der Waals surface area (Å²) in [6.45, 7) is 2.28. The molecule has 0 radical (unpaired) electrons. The first-order valence-corrected chi connectivity index (χ1v) is 6.41. The van der Waals surface area contributed by atoms with Crippen LogP contribution in [0.1, 0.15) is 23.7 Å². The van der Waals surface area contributed by atoms with Gasteiger partial charge in [-0.3, -0.25) is 4.79 Å². The van der Waals surface area contributed by atoms with E-state index < -0.39 is 5.97 Å². The summed E-state index contributed by atoms with van der Waals surface area (Å²) in [7, 11) is 0. The van der Waals surface area contributed by atoms with Gasteiger partial charge in [-0.05, 0) is 18.6 Å². The molecule has 0 bridgehead atoms. The highest BCUT2D eigenvalue weighted by Crippen LogP contribution is 2.21. The van der Waals surface area contributed by atoms with Gasteiger partial charge in [-0.25, -0.2) is 4.79 Å². The maximum Gasteiger partial charge on any atom is 0.341 e. The quantitative estimate of drug-likeness (QED) is 0.649. The lowest BCUT2D eigenvalue weighted by molar-refractivity contribution is -0.105. The molecular formula is C15H16N2O3. The van der Waals surface area contributed by atoms with Crippen molar-refractivity contribution < 1.29 is 14.3 Å². The number of carbonyl (C=O) groups excluding carboxylic acids is 2. The number of nitrogens with zero attached hydrogens (tertiary/aromatic N) is 1. The molecule has 1 heterocycles. The van der Waals surface area contributed by atoms with Crippen molar-refractivity contribution in [2.24, 2.45) is 0 Å². The van der Waals surface area contributed by atoms with E-state index in [0.717, 1.165) is 12.1 Å². The van der Waals surface area contributed by atoms with Crippen LogP contribution in [0.2, 0.25) is 0 Å². The zero-order chi connectivity index (χ0) is 14.4. The van der Waals surface area contributed by atoms with E-state index in [4.69, 9.17) is 4.74 Å². The summed E-state index contributed by atoms with van der Waals surface area (Å²) in [6.07, 6.45) is 4.63. The second kappa shape index (κ2) is 6.56. The SMILES string of the molecule is CCCOC(=O)c1cn(-c2ccccc2)cc1NC=O. The van der Waals surface area contributed by atoms with Gasteiger partial charge in [0.1, 0.15) is 5.56 Å². The Hall–Kier alpha value is -2.56. The Bertz CT molecular complexity index is 590. The molecule has 20 heavy (non-hydrogen) atoms. The van der Waals surface area contributed by atoms with Gasteiger partial charge in [0.2, 0.25) is 6.41 Å². The largest absolute Gasteiger partial charge is 0.462 e. The first-order valence-electron chi connectivity index (χ1n) is 6.41. The molecule has 0 aliphatic rings. The standard InChI is InChI=1S/C15H16N2O3/c1-2-8-20-15(19)13-9-17(10-14(13)16-11-18)12-6-4-3-5-7-12/h3-7,9-11H,2,8H2,1H3,(H,16,18). The molecule has 0 saturated heterocycles. The van der Waals surface area contributed by atoms with Gasteiger partial charge in [0.05, 0.1) is 12.3 Å². The lowest BCUT2D eigenvalue weighted by Crippen LogP contribution is -2.07. The van der Waals surface area contributed by atoms with Gasteiger partial charge >= 0.3 is 5.97 Å². The molecule has 5 heteroatoms. The second-order valence-corrected chi connectivity index (χ2v) is 4.23. The van der Waals surface area contributed by atoms with Crippen molar-refractivity contribution in [2.45, 2.75) is 13.3 Å². The van der Waals surface area contributed by atoms with Crippen molar-refractivity contribution in [3.05, 3.63) is 48.3 Å². The van der Waals surface area contributed by atoms with E-state index in [2.05, 4.69) is 5.32 Å². The molecule has 0 atom stereocenters. The number of esters is 1. The number of benzene rings is 1. The van der Waals surface area contributed by atoms with E-state index in [9.17, 15) is 9.59 Å². The van der Waals surface area contributed by atoms with Gasteiger partial charge in [0, 0.05) is 18.1 Å². The molecule has 0 unspecified atom stereocenters. The monoisotopic (exact) mass is 272 g/mol. The number of carbonyl (C=O) groups is 2.